The van der Waals surface area contributed by atoms with Gasteiger partial charge < -0.3 is 44.7 Å². The van der Waals surface area contributed by atoms with Crippen LogP contribution in [0.5, 0.6) is 5.75 Å². The van der Waals surface area contributed by atoms with Gasteiger partial charge in [-0.1, -0.05) is 18.7 Å². The number of methoxy groups -OCH3 is 3. The Bertz CT molecular complexity index is 823. The summed E-state index contributed by atoms with van der Waals surface area (Å²) in [6, 6.07) is 3.70. The van der Waals surface area contributed by atoms with Gasteiger partial charge >= 0.3 is 5.97 Å². The van der Waals surface area contributed by atoms with Crippen molar-refractivity contribution in [3.8, 4) is 5.75 Å². The van der Waals surface area contributed by atoms with Gasteiger partial charge in [-0.2, -0.15) is 0 Å². The predicted molar refractivity (Wildman–Crippen MR) is 143 cm³/mol. The summed E-state index contributed by atoms with van der Waals surface area (Å²) in [5, 5.41) is 44.8. The number of phenols is 1. The van der Waals surface area contributed by atoms with Crippen LogP contribution in [0.15, 0.2) is 24.3 Å². The number of aliphatic hydroxyl groups is 3. The minimum atomic E-state index is -0.768. The van der Waals surface area contributed by atoms with Crippen LogP contribution in [-0.2, 0) is 43.3 Å². The Morgan fingerprint density at radius 2 is 1.53 bits per heavy atom. The first-order valence-electron chi connectivity index (χ1n) is 12.7. The number of benzene rings is 1. The number of carbonyl (C=O) groups excluding carboxylic acids is 1. The van der Waals surface area contributed by atoms with E-state index in [4.69, 9.17) is 18.9 Å². The van der Waals surface area contributed by atoms with Gasteiger partial charge in [0.25, 0.3) is 0 Å². The number of aliphatic hydroxyl groups excluding tert-OH is 3. The Labute approximate surface area is 226 Å². The van der Waals surface area contributed by atoms with E-state index in [1.165, 1.54) is 21.3 Å². The lowest BCUT2D eigenvalue weighted by molar-refractivity contribution is -0.139. The number of aromatic hydroxyl groups is 1. The average molecular weight is 543 g/mol. The molecule has 1 rings (SSSR count). The normalized spacial score (nSPS) is 13.9. The van der Waals surface area contributed by atoms with Gasteiger partial charge in [0.1, 0.15) is 5.75 Å². The Morgan fingerprint density at radius 3 is 2.08 bits per heavy atom. The number of rotatable bonds is 21. The number of carbonyl (C=O) groups is 1. The third-order valence-electron chi connectivity index (χ3n) is 5.72. The lowest BCUT2D eigenvalue weighted by Gasteiger charge is -2.28. The molecule has 11 heteroatoms. The molecule has 0 radical (unpaired) electrons. The van der Waals surface area contributed by atoms with Crippen molar-refractivity contribution in [3.05, 3.63) is 41.0 Å². The lowest BCUT2D eigenvalue weighted by Crippen LogP contribution is -2.40. The fraction of sp³-hybridized carbons (Fsp3) is 0.667. The minimum Gasteiger partial charge on any atom is -0.507 e. The maximum atomic E-state index is 11.7. The van der Waals surface area contributed by atoms with Gasteiger partial charge in [-0.15, -0.1) is 0 Å². The molecule has 3 atom stereocenters. The quantitative estimate of drug-likeness (QED) is 0.0832. The summed E-state index contributed by atoms with van der Waals surface area (Å²) < 4.78 is 20.3. The monoisotopic (exact) mass is 542 g/mol. The maximum Gasteiger partial charge on any atom is 0.333 e. The second kappa shape index (κ2) is 19.0. The van der Waals surface area contributed by atoms with E-state index < -0.39 is 24.3 Å². The highest BCUT2D eigenvalue weighted by Gasteiger charge is 2.20. The molecule has 1 aromatic carbocycles. The second-order valence-electron chi connectivity index (χ2n) is 9.38. The van der Waals surface area contributed by atoms with Crippen molar-refractivity contribution in [2.45, 2.75) is 51.2 Å². The van der Waals surface area contributed by atoms with Gasteiger partial charge in [-0.05, 0) is 30.9 Å². The van der Waals surface area contributed by atoms with E-state index in [1.54, 1.807) is 13.0 Å². The zero-order chi connectivity index (χ0) is 28.5. The van der Waals surface area contributed by atoms with Gasteiger partial charge in [0.05, 0.1) is 44.7 Å². The Hall–Kier alpha value is -2.09. The number of hydrogen-bond donors (Lipinski definition) is 5. The number of nitrogens with zero attached hydrogens (tertiary/aromatic N) is 1. The zero-order valence-electron chi connectivity index (χ0n) is 23.1. The molecule has 11 nitrogen and oxygen atoms in total. The molecule has 0 saturated heterocycles. The van der Waals surface area contributed by atoms with Crippen molar-refractivity contribution >= 4 is 5.97 Å². The lowest BCUT2D eigenvalue weighted by atomic mass is 9.97. The first kappa shape index (κ1) is 33.9. The molecule has 5 N–H and O–H groups in total. The molecule has 0 saturated carbocycles. The van der Waals surface area contributed by atoms with Gasteiger partial charge in [0, 0.05) is 65.2 Å². The van der Waals surface area contributed by atoms with Crippen LogP contribution in [0, 0.1) is 0 Å². The molecule has 1 aromatic rings. The van der Waals surface area contributed by atoms with Crippen molar-refractivity contribution in [2.75, 3.05) is 67.4 Å². The first-order valence-corrected chi connectivity index (χ1v) is 12.7. The number of hydrogen-bond acceptors (Lipinski definition) is 11. The molecule has 0 fully saturated rings. The van der Waals surface area contributed by atoms with Crippen LogP contribution in [0.2, 0.25) is 0 Å². The molecule has 0 aliphatic carbocycles. The van der Waals surface area contributed by atoms with Crippen molar-refractivity contribution in [1.29, 1.82) is 0 Å². The summed E-state index contributed by atoms with van der Waals surface area (Å²) in [6.07, 6.45) is -1.30. The third-order valence-corrected chi connectivity index (χ3v) is 5.72. The Kier molecular flexibility index (Phi) is 17.0. The number of ether oxygens (including phenoxy) is 4. The molecule has 218 valence electrons. The van der Waals surface area contributed by atoms with Gasteiger partial charge in [0.15, 0.2) is 0 Å². The molecule has 0 heterocycles. The summed E-state index contributed by atoms with van der Waals surface area (Å²) in [5.41, 5.74) is 2.46. The number of esters is 1. The van der Waals surface area contributed by atoms with E-state index in [0.29, 0.717) is 49.2 Å². The third kappa shape index (κ3) is 13.1. The highest BCUT2D eigenvalue weighted by atomic mass is 16.5. The maximum absolute atomic E-state index is 11.7. The zero-order valence-corrected chi connectivity index (χ0v) is 23.1. The van der Waals surface area contributed by atoms with E-state index in [-0.39, 0.29) is 45.3 Å². The molecule has 38 heavy (non-hydrogen) atoms. The summed E-state index contributed by atoms with van der Waals surface area (Å²) in [5.74, 6) is -0.357. The highest BCUT2D eigenvalue weighted by molar-refractivity contribution is 5.86. The predicted octanol–water partition coefficient (Wildman–Crippen LogP) is 0.358. The fourth-order valence-corrected chi connectivity index (χ4v) is 3.99. The standard InChI is InChI=1S/C27H46N2O9/c1-19(2)27(34)38-10-6-7-25-21(9-8-20(26(25)33)11-28-12-22(30)16-35-3)13-29(14-23(31)17-36-4)15-24(32)18-37-5/h8-9,22-24,28,30-33H,1,6-7,10-18H2,2-5H3. The molecule has 0 aliphatic heterocycles. The number of phenolic OH excluding ortho intramolecular Hbond substituents is 1. The number of nitrogens with one attached hydrogen (secondary N) is 1. The summed E-state index contributed by atoms with van der Waals surface area (Å²) in [4.78, 5) is 13.6. The van der Waals surface area contributed by atoms with Crippen molar-refractivity contribution in [2.24, 2.45) is 0 Å². The van der Waals surface area contributed by atoms with Gasteiger partial charge in [-0.25, -0.2) is 4.79 Å². The van der Waals surface area contributed by atoms with Gasteiger partial charge in [0.2, 0.25) is 0 Å². The molecule has 0 aliphatic rings. The summed E-state index contributed by atoms with van der Waals surface area (Å²) in [6.45, 7) is 7.26. The van der Waals surface area contributed by atoms with Crippen LogP contribution >= 0.6 is 0 Å². The van der Waals surface area contributed by atoms with E-state index >= 15 is 0 Å². The van der Waals surface area contributed by atoms with Crippen molar-refractivity contribution < 1.29 is 44.2 Å². The van der Waals surface area contributed by atoms with Crippen molar-refractivity contribution in [1.82, 2.24) is 10.2 Å². The van der Waals surface area contributed by atoms with Crippen molar-refractivity contribution in [3.63, 3.8) is 0 Å². The fourth-order valence-electron chi connectivity index (χ4n) is 3.99. The largest absolute Gasteiger partial charge is 0.507 e. The molecule has 0 spiro atoms. The van der Waals surface area contributed by atoms with Gasteiger partial charge in [-0.3, -0.25) is 4.90 Å². The van der Waals surface area contributed by atoms with E-state index in [0.717, 1.165) is 5.56 Å². The molecule has 0 amide bonds. The molecule has 3 unspecified atom stereocenters. The van der Waals surface area contributed by atoms with E-state index in [9.17, 15) is 25.2 Å². The topological polar surface area (TPSA) is 150 Å². The Balaban J connectivity index is 3.12. The van der Waals surface area contributed by atoms with Crippen LogP contribution in [0.1, 0.15) is 30.0 Å². The Morgan fingerprint density at radius 1 is 0.974 bits per heavy atom. The van der Waals surface area contributed by atoms with E-state index in [1.807, 2.05) is 11.0 Å². The summed E-state index contributed by atoms with van der Waals surface area (Å²) >= 11 is 0. The summed E-state index contributed by atoms with van der Waals surface area (Å²) in [7, 11) is 4.52. The minimum absolute atomic E-state index is 0.109. The first-order chi connectivity index (χ1) is 18.1. The SMILES string of the molecule is C=C(C)C(=O)OCCCc1c(CN(CC(O)COC)CC(O)COC)ccc(CNCC(O)COC)c1O. The smallest absolute Gasteiger partial charge is 0.333 e. The molecular formula is C27H46N2O9. The average Bonchev–Trinajstić information content (AvgIpc) is 2.84. The van der Waals surface area contributed by atoms with Crippen LogP contribution in [0.4, 0.5) is 0 Å². The highest BCUT2D eigenvalue weighted by Crippen LogP contribution is 2.29. The van der Waals surface area contributed by atoms with E-state index in [2.05, 4.69) is 11.9 Å². The molecule has 0 bridgehead atoms. The molecule has 0 aromatic heterocycles. The van der Waals surface area contributed by atoms with Crippen LogP contribution in [-0.4, -0.2) is 117 Å². The van der Waals surface area contributed by atoms with Crippen LogP contribution in [0.25, 0.3) is 0 Å². The molecular weight excluding hydrogens is 496 g/mol. The van der Waals surface area contributed by atoms with Crippen LogP contribution in [0.3, 0.4) is 0 Å². The second-order valence-corrected chi connectivity index (χ2v) is 9.38. The van der Waals surface area contributed by atoms with Crippen LogP contribution < -0.4 is 5.32 Å².